The highest BCUT2D eigenvalue weighted by molar-refractivity contribution is 6.10. The molecule has 2 amide bonds. The Morgan fingerprint density at radius 3 is 2.02 bits per heavy atom. The molecule has 0 radical (unpaired) electrons. The molecule has 0 aliphatic heterocycles. The number of benzene rings is 4. The summed E-state index contributed by atoms with van der Waals surface area (Å²) in [7, 11) is 0. The van der Waals surface area contributed by atoms with Gasteiger partial charge in [-0.25, -0.2) is 0 Å². The molecule has 1 aliphatic carbocycles. The Balaban J connectivity index is 1.55. The van der Waals surface area contributed by atoms with Crippen LogP contribution in [0.25, 0.3) is 0 Å². The molecule has 4 aromatic carbocycles. The number of para-hydroxylation sites is 2. The van der Waals surface area contributed by atoms with E-state index in [0.29, 0.717) is 29.3 Å². The van der Waals surface area contributed by atoms with Crippen LogP contribution in [0.3, 0.4) is 0 Å². The number of carbonyl (C=O) groups excluding carboxylic acids is 3. The van der Waals surface area contributed by atoms with E-state index in [9.17, 15) is 19.5 Å². The molecule has 1 aliphatic rings. The van der Waals surface area contributed by atoms with Crippen molar-refractivity contribution in [3.05, 3.63) is 125 Å². The monoisotopic (exact) mass is 576 g/mol. The first-order valence-electron chi connectivity index (χ1n) is 14.4. The lowest BCUT2D eigenvalue weighted by molar-refractivity contribution is -0.150. The predicted octanol–water partition coefficient (Wildman–Crippen LogP) is 6.20. The zero-order valence-corrected chi connectivity index (χ0v) is 24.5. The van der Waals surface area contributed by atoms with Gasteiger partial charge in [0.2, 0.25) is 11.8 Å². The number of aryl methyl sites for hydroxylation is 2. The fourth-order valence-electron chi connectivity index (χ4n) is 5.89. The molecule has 220 valence electrons. The van der Waals surface area contributed by atoms with Crippen LogP contribution in [0.5, 0.6) is 5.75 Å². The molecule has 0 saturated heterocycles. The Labute approximate surface area is 251 Å². The van der Waals surface area contributed by atoms with Crippen molar-refractivity contribution < 1.29 is 24.2 Å². The van der Waals surface area contributed by atoms with Gasteiger partial charge in [0.15, 0.2) is 0 Å². The number of hydrogen-bond acceptors (Lipinski definition) is 5. The third-order valence-corrected chi connectivity index (χ3v) is 8.13. The minimum Gasteiger partial charge on any atom is -0.489 e. The number of aliphatic hydroxyl groups is 1. The van der Waals surface area contributed by atoms with Gasteiger partial charge in [-0.2, -0.15) is 0 Å². The van der Waals surface area contributed by atoms with Gasteiger partial charge in [-0.1, -0.05) is 78.9 Å². The average molecular weight is 577 g/mol. The van der Waals surface area contributed by atoms with Crippen molar-refractivity contribution in [2.75, 3.05) is 10.6 Å². The van der Waals surface area contributed by atoms with Crippen LogP contribution < -0.4 is 15.4 Å². The summed E-state index contributed by atoms with van der Waals surface area (Å²) >= 11 is 0. The Bertz CT molecular complexity index is 1630. The van der Waals surface area contributed by atoms with Gasteiger partial charge in [-0.05, 0) is 67.3 Å². The second-order valence-electron chi connectivity index (χ2n) is 11.4. The molecule has 1 fully saturated rings. The highest BCUT2D eigenvalue weighted by Gasteiger charge is 2.56. The lowest BCUT2D eigenvalue weighted by atomic mass is 9.61. The van der Waals surface area contributed by atoms with Gasteiger partial charge in [-0.3, -0.25) is 14.4 Å². The number of nitrogens with one attached hydrogen (secondary N) is 2. The molecule has 43 heavy (non-hydrogen) atoms. The summed E-state index contributed by atoms with van der Waals surface area (Å²) in [6.45, 7) is 5.55. The van der Waals surface area contributed by atoms with Gasteiger partial charge in [-0.15, -0.1) is 0 Å². The molecular weight excluding hydrogens is 540 g/mol. The number of amides is 2. The van der Waals surface area contributed by atoms with Gasteiger partial charge in [0.25, 0.3) is 0 Å². The van der Waals surface area contributed by atoms with Crippen molar-refractivity contribution in [3.63, 3.8) is 0 Å². The summed E-state index contributed by atoms with van der Waals surface area (Å²) in [6, 6.07) is 31.5. The quantitative estimate of drug-likeness (QED) is 0.217. The summed E-state index contributed by atoms with van der Waals surface area (Å²) in [5.41, 5.74) is 2.69. The zero-order valence-electron chi connectivity index (χ0n) is 24.5. The molecule has 0 bridgehead atoms. The topological polar surface area (TPSA) is 105 Å². The number of Topliss-reactive ketones (excluding diaryl/α,β-unsaturated/α-hetero) is 1. The zero-order chi connectivity index (χ0) is 30.6. The van der Waals surface area contributed by atoms with Crippen molar-refractivity contribution in [1.82, 2.24) is 0 Å². The Kier molecular flexibility index (Phi) is 8.73. The van der Waals surface area contributed by atoms with Crippen LogP contribution >= 0.6 is 0 Å². The Morgan fingerprint density at radius 1 is 0.814 bits per heavy atom. The summed E-state index contributed by atoms with van der Waals surface area (Å²) in [5.74, 6) is -4.22. The van der Waals surface area contributed by atoms with E-state index in [0.717, 1.165) is 16.7 Å². The lowest BCUT2D eigenvalue weighted by Gasteiger charge is -2.44. The average Bonchev–Trinajstić information content (AvgIpc) is 2.98. The van der Waals surface area contributed by atoms with Gasteiger partial charge in [0, 0.05) is 23.7 Å². The van der Waals surface area contributed by atoms with E-state index in [1.165, 1.54) is 6.92 Å². The van der Waals surface area contributed by atoms with E-state index in [-0.39, 0.29) is 6.42 Å². The van der Waals surface area contributed by atoms with E-state index in [1.54, 1.807) is 42.5 Å². The van der Waals surface area contributed by atoms with Crippen molar-refractivity contribution >= 4 is 29.0 Å². The standard InChI is InChI=1S/C36H36N2O5/c1-23-12-7-9-18-28(23)37-34(40)32-30(39)21-36(3,42)33(35(41)38-29-19-10-8-13-24(29)2)31(32)26-16-11-17-27(20-26)43-22-25-14-5-4-6-15-25/h4-20,31-33,42H,21-22H2,1-3H3,(H,37,40)(H,38,41). The number of anilines is 2. The summed E-state index contributed by atoms with van der Waals surface area (Å²) < 4.78 is 6.07. The van der Waals surface area contributed by atoms with Crippen molar-refractivity contribution in [3.8, 4) is 5.75 Å². The Morgan fingerprint density at radius 2 is 1.40 bits per heavy atom. The van der Waals surface area contributed by atoms with E-state index in [2.05, 4.69) is 10.6 Å². The van der Waals surface area contributed by atoms with E-state index in [1.807, 2.05) is 74.5 Å². The molecular formula is C36H36N2O5. The van der Waals surface area contributed by atoms with Gasteiger partial charge in [0.05, 0.1) is 11.5 Å². The van der Waals surface area contributed by atoms with Crippen LogP contribution in [0.4, 0.5) is 11.4 Å². The molecule has 7 nitrogen and oxygen atoms in total. The molecule has 0 aromatic heterocycles. The minimum absolute atomic E-state index is 0.319. The number of hydrogen-bond donors (Lipinski definition) is 3. The van der Waals surface area contributed by atoms with Gasteiger partial charge < -0.3 is 20.5 Å². The first-order valence-corrected chi connectivity index (χ1v) is 14.4. The molecule has 4 atom stereocenters. The fraction of sp³-hybridized carbons (Fsp3) is 0.250. The number of carbonyl (C=O) groups is 3. The van der Waals surface area contributed by atoms with Crippen molar-refractivity contribution in [2.45, 2.75) is 45.3 Å². The van der Waals surface area contributed by atoms with Crippen LogP contribution in [-0.4, -0.2) is 28.3 Å². The lowest BCUT2D eigenvalue weighted by Crippen LogP contribution is -2.56. The fourth-order valence-corrected chi connectivity index (χ4v) is 5.89. The van der Waals surface area contributed by atoms with Gasteiger partial charge in [0.1, 0.15) is 24.1 Å². The largest absolute Gasteiger partial charge is 0.489 e. The molecule has 0 spiro atoms. The SMILES string of the molecule is Cc1ccccc1NC(=O)C1C(=O)CC(C)(O)C(C(=O)Nc2ccccc2C)C1c1cccc(OCc2ccccc2)c1. The number of rotatable bonds is 8. The second kappa shape index (κ2) is 12.6. The maximum Gasteiger partial charge on any atom is 0.235 e. The number of ketones is 1. The molecule has 3 N–H and O–H groups in total. The molecule has 5 rings (SSSR count). The third-order valence-electron chi connectivity index (χ3n) is 8.13. The molecule has 7 heteroatoms. The van der Waals surface area contributed by atoms with Gasteiger partial charge >= 0.3 is 0 Å². The summed E-state index contributed by atoms with van der Waals surface area (Å²) in [5, 5.41) is 17.5. The highest BCUT2D eigenvalue weighted by Crippen LogP contribution is 2.47. The normalized spacial score (nSPS) is 21.6. The molecule has 1 saturated carbocycles. The number of ether oxygens (including phenoxy) is 1. The van der Waals surface area contributed by atoms with Crippen LogP contribution in [0.1, 0.15) is 41.5 Å². The van der Waals surface area contributed by atoms with Crippen molar-refractivity contribution in [1.29, 1.82) is 0 Å². The Hall–Kier alpha value is -4.75. The highest BCUT2D eigenvalue weighted by atomic mass is 16.5. The first-order chi connectivity index (χ1) is 20.6. The maximum atomic E-state index is 14.1. The van der Waals surface area contributed by atoms with Crippen molar-refractivity contribution in [2.24, 2.45) is 11.8 Å². The molecule has 4 unspecified atom stereocenters. The predicted molar refractivity (Wildman–Crippen MR) is 167 cm³/mol. The van der Waals surface area contributed by atoms with Crippen LogP contribution in [0.2, 0.25) is 0 Å². The first kappa shape index (κ1) is 29.7. The minimum atomic E-state index is -1.71. The van der Waals surface area contributed by atoms with E-state index < -0.39 is 41.0 Å². The van der Waals surface area contributed by atoms with Crippen LogP contribution in [0.15, 0.2) is 103 Å². The second-order valence-corrected chi connectivity index (χ2v) is 11.4. The smallest absolute Gasteiger partial charge is 0.235 e. The maximum absolute atomic E-state index is 14.1. The van der Waals surface area contributed by atoms with E-state index in [4.69, 9.17) is 4.74 Å². The summed E-state index contributed by atoms with van der Waals surface area (Å²) in [4.78, 5) is 41.7. The summed E-state index contributed by atoms with van der Waals surface area (Å²) in [6.07, 6.45) is -0.342. The molecule has 4 aromatic rings. The van der Waals surface area contributed by atoms with Crippen LogP contribution in [0, 0.1) is 25.7 Å². The molecule has 0 heterocycles. The third kappa shape index (κ3) is 6.68. The van der Waals surface area contributed by atoms with E-state index >= 15 is 0 Å². The van der Waals surface area contributed by atoms with Crippen LogP contribution in [-0.2, 0) is 21.0 Å².